The molecule has 4 rings (SSSR count). The predicted octanol–water partition coefficient (Wildman–Crippen LogP) is 1.96. The van der Waals surface area contributed by atoms with Gasteiger partial charge in [-0.25, -0.2) is 9.78 Å². The molecule has 1 aliphatic heterocycles. The van der Waals surface area contributed by atoms with Crippen LogP contribution in [0.4, 0.5) is 0 Å². The molecule has 0 radical (unpaired) electrons. The number of likely N-dealkylation sites (tertiary alicyclic amines) is 1. The normalized spacial score (nSPS) is 15.0. The number of aromatic nitrogens is 3. The Labute approximate surface area is 143 Å². The molecule has 3 heterocycles. The van der Waals surface area contributed by atoms with E-state index in [-0.39, 0.29) is 11.5 Å². The third-order valence-corrected chi connectivity index (χ3v) is 4.83. The second-order valence-corrected chi connectivity index (χ2v) is 6.61. The molecule has 0 saturated carbocycles. The number of hydrogen-bond donors (Lipinski definition) is 1. The van der Waals surface area contributed by atoms with Gasteiger partial charge < -0.3 is 9.88 Å². The summed E-state index contributed by atoms with van der Waals surface area (Å²) in [5.74, 6) is 0.219. The number of nitrogens with one attached hydrogen (secondary N) is 2. The van der Waals surface area contributed by atoms with Crippen molar-refractivity contribution >= 4 is 39.4 Å². The van der Waals surface area contributed by atoms with Crippen molar-refractivity contribution in [2.45, 2.75) is 25.8 Å². The number of carbonyl (C=O) groups is 1. The highest BCUT2D eigenvalue weighted by atomic mass is 35.5. The number of aryl methyl sites for hydroxylation is 1. The first kappa shape index (κ1) is 15.2. The molecular formula is C17H18ClN4O2+. The van der Waals surface area contributed by atoms with Gasteiger partial charge in [-0.1, -0.05) is 11.6 Å². The van der Waals surface area contributed by atoms with E-state index in [9.17, 15) is 9.59 Å². The summed E-state index contributed by atoms with van der Waals surface area (Å²) in [5.41, 5.74) is 2.13. The van der Waals surface area contributed by atoms with Gasteiger partial charge in [0.05, 0.1) is 12.1 Å². The van der Waals surface area contributed by atoms with Gasteiger partial charge >= 0.3 is 5.56 Å². The van der Waals surface area contributed by atoms with E-state index in [0.29, 0.717) is 30.0 Å². The first-order valence-corrected chi connectivity index (χ1v) is 8.51. The summed E-state index contributed by atoms with van der Waals surface area (Å²) >= 11 is 6.05. The Morgan fingerprint density at radius 1 is 1.25 bits per heavy atom. The van der Waals surface area contributed by atoms with Crippen LogP contribution in [-0.4, -0.2) is 33.4 Å². The van der Waals surface area contributed by atoms with E-state index < -0.39 is 0 Å². The van der Waals surface area contributed by atoms with Gasteiger partial charge in [-0.15, -0.1) is 0 Å². The molecule has 124 valence electrons. The Hall–Kier alpha value is -2.34. The minimum absolute atomic E-state index is 0.0659. The van der Waals surface area contributed by atoms with E-state index in [2.05, 4.69) is 9.97 Å². The van der Waals surface area contributed by atoms with Crippen LogP contribution < -0.4 is 10.5 Å². The number of H-pyrrole nitrogens is 2. The third kappa shape index (κ3) is 2.57. The number of hydrogen-bond acceptors (Lipinski definition) is 2. The van der Waals surface area contributed by atoms with Crippen molar-refractivity contribution in [3.8, 4) is 0 Å². The van der Waals surface area contributed by atoms with Crippen LogP contribution in [0.15, 0.2) is 29.3 Å². The number of amides is 1. The summed E-state index contributed by atoms with van der Waals surface area (Å²) in [6.45, 7) is 2.11. The molecule has 0 atom stereocenters. The van der Waals surface area contributed by atoms with E-state index >= 15 is 0 Å². The molecule has 1 aromatic carbocycles. The second kappa shape index (κ2) is 5.94. The Kier molecular flexibility index (Phi) is 3.76. The summed E-state index contributed by atoms with van der Waals surface area (Å²) in [5, 5.41) is 1.54. The maximum atomic E-state index is 12.7. The fourth-order valence-corrected chi connectivity index (χ4v) is 3.53. The number of benzene rings is 1. The molecule has 24 heavy (non-hydrogen) atoms. The third-order valence-electron chi connectivity index (χ3n) is 4.60. The fourth-order valence-electron chi connectivity index (χ4n) is 3.36. The van der Waals surface area contributed by atoms with Crippen molar-refractivity contribution in [2.24, 2.45) is 0 Å². The standard InChI is InChI=1S/C17H17ClN4O2/c18-11-4-5-13-12(9-11)15-16(20-13)17(24)22(10-19-15)8-2-7-21-6-1-3-14(21)23/h4-5,9-10,20H,1-3,6-8H2/p+1. The summed E-state index contributed by atoms with van der Waals surface area (Å²) in [4.78, 5) is 32.5. The minimum atomic E-state index is -0.0659. The number of carbonyl (C=O) groups excluding carboxylic acids is 1. The number of aromatic amines is 2. The molecule has 2 aromatic heterocycles. The SMILES string of the molecule is O=C1CCCN1CCCn1c[nH+]c2c([nH]c3ccc(Cl)cc32)c1=O. The predicted molar refractivity (Wildman–Crippen MR) is 92.1 cm³/mol. The molecular weight excluding hydrogens is 328 g/mol. The Morgan fingerprint density at radius 3 is 2.92 bits per heavy atom. The van der Waals surface area contributed by atoms with E-state index in [0.717, 1.165) is 35.8 Å². The lowest BCUT2D eigenvalue weighted by molar-refractivity contribution is -0.352. The number of halogens is 1. The highest BCUT2D eigenvalue weighted by Crippen LogP contribution is 2.23. The molecule has 1 aliphatic rings. The summed E-state index contributed by atoms with van der Waals surface area (Å²) in [6.07, 6.45) is 4.05. The monoisotopic (exact) mass is 345 g/mol. The van der Waals surface area contributed by atoms with Crippen LogP contribution in [-0.2, 0) is 11.3 Å². The van der Waals surface area contributed by atoms with Crippen molar-refractivity contribution in [1.82, 2.24) is 14.5 Å². The van der Waals surface area contributed by atoms with E-state index in [1.165, 1.54) is 0 Å². The van der Waals surface area contributed by atoms with Crippen molar-refractivity contribution in [3.63, 3.8) is 0 Å². The lowest BCUT2D eigenvalue weighted by Crippen LogP contribution is -2.30. The smallest absolute Gasteiger partial charge is 0.345 e. The van der Waals surface area contributed by atoms with Crippen LogP contribution in [0, 0.1) is 0 Å². The largest absolute Gasteiger partial charge is 0.361 e. The first-order chi connectivity index (χ1) is 11.6. The summed E-state index contributed by atoms with van der Waals surface area (Å²) < 4.78 is 1.65. The molecule has 6 nitrogen and oxygen atoms in total. The van der Waals surface area contributed by atoms with E-state index in [1.54, 1.807) is 17.0 Å². The van der Waals surface area contributed by atoms with E-state index in [4.69, 9.17) is 11.6 Å². The Balaban J connectivity index is 1.60. The zero-order chi connectivity index (χ0) is 16.7. The maximum absolute atomic E-state index is 12.7. The highest BCUT2D eigenvalue weighted by Gasteiger charge is 2.20. The molecule has 1 amide bonds. The molecule has 1 saturated heterocycles. The number of fused-ring (bicyclic) bond motifs is 3. The zero-order valence-corrected chi connectivity index (χ0v) is 13.9. The van der Waals surface area contributed by atoms with Gasteiger partial charge in [-0.3, -0.25) is 4.79 Å². The molecule has 7 heteroatoms. The van der Waals surface area contributed by atoms with Crippen molar-refractivity contribution in [1.29, 1.82) is 0 Å². The Morgan fingerprint density at radius 2 is 2.12 bits per heavy atom. The quantitative estimate of drug-likeness (QED) is 0.785. The number of rotatable bonds is 4. The van der Waals surface area contributed by atoms with E-state index in [1.807, 2.05) is 17.0 Å². The van der Waals surface area contributed by atoms with Crippen LogP contribution in [0.3, 0.4) is 0 Å². The van der Waals surface area contributed by atoms with Crippen LogP contribution in [0.1, 0.15) is 19.3 Å². The van der Waals surface area contributed by atoms with Gasteiger partial charge in [0.25, 0.3) is 0 Å². The van der Waals surface area contributed by atoms with Gasteiger partial charge in [0.1, 0.15) is 0 Å². The first-order valence-electron chi connectivity index (χ1n) is 8.13. The highest BCUT2D eigenvalue weighted by molar-refractivity contribution is 6.31. The molecule has 0 aliphatic carbocycles. The lowest BCUT2D eigenvalue weighted by Gasteiger charge is -2.14. The number of nitrogens with zero attached hydrogens (tertiary/aromatic N) is 2. The minimum Gasteiger partial charge on any atom is -0.345 e. The van der Waals surface area contributed by atoms with Crippen LogP contribution in [0.2, 0.25) is 5.02 Å². The van der Waals surface area contributed by atoms with Gasteiger partial charge in [0, 0.05) is 36.3 Å². The molecule has 3 aromatic rings. The van der Waals surface area contributed by atoms with Crippen LogP contribution in [0.5, 0.6) is 0 Å². The lowest BCUT2D eigenvalue weighted by atomic mass is 10.2. The molecule has 0 unspecified atom stereocenters. The second-order valence-electron chi connectivity index (χ2n) is 6.17. The van der Waals surface area contributed by atoms with Crippen LogP contribution in [0.25, 0.3) is 21.9 Å². The van der Waals surface area contributed by atoms with Gasteiger partial charge in [-0.2, -0.15) is 4.57 Å². The molecule has 1 fully saturated rings. The topological polar surface area (TPSA) is 72.2 Å². The van der Waals surface area contributed by atoms with Crippen molar-refractivity contribution in [3.05, 3.63) is 39.9 Å². The molecule has 0 spiro atoms. The average molecular weight is 346 g/mol. The van der Waals surface area contributed by atoms with Crippen LogP contribution >= 0.6 is 11.6 Å². The van der Waals surface area contributed by atoms with Crippen molar-refractivity contribution < 1.29 is 9.78 Å². The van der Waals surface area contributed by atoms with Crippen molar-refractivity contribution in [2.75, 3.05) is 13.1 Å². The maximum Gasteiger partial charge on any atom is 0.361 e. The Bertz CT molecular complexity index is 991. The average Bonchev–Trinajstić information content (AvgIpc) is 3.14. The fraction of sp³-hybridized carbons (Fsp3) is 0.353. The zero-order valence-electron chi connectivity index (χ0n) is 13.1. The summed E-state index contributed by atoms with van der Waals surface area (Å²) in [7, 11) is 0. The van der Waals surface area contributed by atoms with Gasteiger partial charge in [-0.05, 0) is 24.6 Å². The van der Waals surface area contributed by atoms with Gasteiger partial charge in [0.15, 0.2) is 11.0 Å². The summed E-state index contributed by atoms with van der Waals surface area (Å²) in [6, 6.07) is 5.51. The van der Waals surface area contributed by atoms with Gasteiger partial charge in [0.2, 0.25) is 12.2 Å². The molecule has 2 N–H and O–H groups in total. The molecule has 0 bridgehead atoms.